The molecule has 0 bridgehead atoms. The van der Waals surface area contributed by atoms with Crippen molar-refractivity contribution >= 4 is 40.1 Å². The Labute approximate surface area is 190 Å². The molecule has 10 heteroatoms. The predicted molar refractivity (Wildman–Crippen MR) is 119 cm³/mol. The molecule has 32 heavy (non-hydrogen) atoms. The molecule has 0 aliphatic carbocycles. The highest BCUT2D eigenvalue weighted by atomic mass is 32.1. The number of aryl methyl sites for hydroxylation is 1. The molecule has 0 spiro atoms. The first-order valence-electron chi connectivity index (χ1n) is 10.1. The lowest BCUT2D eigenvalue weighted by Gasteiger charge is -2.20. The van der Waals surface area contributed by atoms with Crippen molar-refractivity contribution in [2.45, 2.75) is 47.6 Å². The van der Waals surface area contributed by atoms with Gasteiger partial charge in [0.05, 0.1) is 6.61 Å². The maximum absolute atomic E-state index is 12.5. The molecule has 2 rings (SSSR count). The maximum atomic E-state index is 12.5. The van der Waals surface area contributed by atoms with E-state index in [1.807, 2.05) is 0 Å². The molecule has 2 aromatic rings. The van der Waals surface area contributed by atoms with Gasteiger partial charge in [0.25, 0.3) is 5.91 Å². The minimum Gasteiger partial charge on any atom is -0.462 e. The zero-order valence-electron chi connectivity index (χ0n) is 19.0. The van der Waals surface area contributed by atoms with E-state index < -0.39 is 35.9 Å². The van der Waals surface area contributed by atoms with E-state index in [-0.39, 0.29) is 23.1 Å². The number of carbonyl (C=O) groups is 4. The topological polar surface area (TPSA) is 124 Å². The summed E-state index contributed by atoms with van der Waals surface area (Å²) in [5.41, 5.74) is -0.0113. The molecule has 2 amide bonds. The molecule has 0 aliphatic rings. The number of nitrogens with one attached hydrogen (secondary N) is 2. The fraction of sp³-hybridized carbons (Fsp3) is 0.455. The van der Waals surface area contributed by atoms with Gasteiger partial charge in [-0.1, -0.05) is 20.8 Å². The molecule has 0 saturated heterocycles. The van der Waals surface area contributed by atoms with Crippen LogP contribution in [0, 0.1) is 12.3 Å². The van der Waals surface area contributed by atoms with Gasteiger partial charge >= 0.3 is 11.9 Å². The molecule has 0 radical (unpaired) electrons. The van der Waals surface area contributed by atoms with Crippen LogP contribution in [-0.4, -0.2) is 43.0 Å². The van der Waals surface area contributed by atoms with Crippen LogP contribution in [0.25, 0.3) is 11.3 Å². The number of ether oxygens (including phenoxy) is 2. The molecule has 0 unspecified atom stereocenters. The van der Waals surface area contributed by atoms with Gasteiger partial charge in [-0.25, -0.2) is 9.59 Å². The smallest absolute Gasteiger partial charge is 0.341 e. The van der Waals surface area contributed by atoms with Gasteiger partial charge in [0.15, 0.2) is 6.61 Å². The van der Waals surface area contributed by atoms with E-state index in [4.69, 9.17) is 13.9 Å². The number of rotatable bonds is 8. The second-order valence-electron chi connectivity index (χ2n) is 8.09. The van der Waals surface area contributed by atoms with Crippen molar-refractivity contribution in [3.8, 4) is 11.3 Å². The standard InChI is InChI=1S/C22H28N2O7S/c1-7-29-20(27)17-14(15-9-8-12(2)31-15)11-32-18(17)24-16(25)10-30-19(26)13(3)23-21(28)22(4,5)6/h8-9,11,13H,7,10H2,1-6H3,(H,23,28)(H,24,25)/t13-/m0/s1. The van der Waals surface area contributed by atoms with Crippen molar-refractivity contribution in [3.05, 3.63) is 28.8 Å². The third-order valence-corrected chi connectivity index (χ3v) is 5.15. The monoisotopic (exact) mass is 464 g/mol. The van der Waals surface area contributed by atoms with Crippen molar-refractivity contribution in [2.75, 3.05) is 18.5 Å². The van der Waals surface area contributed by atoms with Gasteiger partial charge in [-0.2, -0.15) is 0 Å². The highest BCUT2D eigenvalue weighted by Gasteiger charge is 2.27. The molecule has 174 valence electrons. The number of carbonyl (C=O) groups excluding carboxylic acids is 4. The summed E-state index contributed by atoms with van der Waals surface area (Å²) in [5, 5.41) is 7.05. The fourth-order valence-electron chi connectivity index (χ4n) is 2.51. The van der Waals surface area contributed by atoms with Crippen LogP contribution in [0.4, 0.5) is 5.00 Å². The Bertz CT molecular complexity index is 1000. The lowest BCUT2D eigenvalue weighted by Crippen LogP contribution is -2.45. The predicted octanol–water partition coefficient (Wildman–Crippen LogP) is 3.53. The summed E-state index contributed by atoms with van der Waals surface area (Å²) in [4.78, 5) is 49.0. The van der Waals surface area contributed by atoms with Gasteiger partial charge in [-0.05, 0) is 32.9 Å². The van der Waals surface area contributed by atoms with E-state index in [9.17, 15) is 19.2 Å². The van der Waals surface area contributed by atoms with Crippen molar-refractivity contribution in [1.29, 1.82) is 0 Å². The Kier molecular flexibility index (Phi) is 8.20. The van der Waals surface area contributed by atoms with Crippen LogP contribution < -0.4 is 10.6 Å². The summed E-state index contributed by atoms with van der Waals surface area (Å²) < 4.78 is 15.7. The van der Waals surface area contributed by atoms with Crippen LogP contribution in [0.2, 0.25) is 0 Å². The second-order valence-corrected chi connectivity index (χ2v) is 8.96. The van der Waals surface area contributed by atoms with Gasteiger partial charge in [-0.15, -0.1) is 11.3 Å². The van der Waals surface area contributed by atoms with Crippen molar-refractivity contribution in [3.63, 3.8) is 0 Å². The first kappa shape index (κ1) is 25.1. The number of anilines is 1. The van der Waals surface area contributed by atoms with Crippen molar-refractivity contribution < 1.29 is 33.1 Å². The molecule has 0 saturated carbocycles. The number of amides is 2. The van der Waals surface area contributed by atoms with Crippen LogP contribution in [0.1, 0.15) is 50.7 Å². The summed E-state index contributed by atoms with van der Waals surface area (Å²) in [6.07, 6.45) is 0. The van der Waals surface area contributed by atoms with Crippen molar-refractivity contribution in [1.82, 2.24) is 5.32 Å². The highest BCUT2D eigenvalue weighted by Crippen LogP contribution is 2.37. The first-order valence-corrected chi connectivity index (χ1v) is 10.9. The summed E-state index contributed by atoms with van der Waals surface area (Å²) in [7, 11) is 0. The van der Waals surface area contributed by atoms with Crippen LogP contribution in [0.15, 0.2) is 21.9 Å². The van der Waals surface area contributed by atoms with Gasteiger partial charge < -0.3 is 24.5 Å². The van der Waals surface area contributed by atoms with Gasteiger partial charge in [0, 0.05) is 16.4 Å². The second kappa shape index (κ2) is 10.4. The SMILES string of the molecule is CCOC(=O)c1c(-c2ccc(C)o2)csc1NC(=O)COC(=O)[C@H](C)NC(=O)C(C)(C)C. The van der Waals surface area contributed by atoms with Crippen LogP contribution in [-0.2, 0) is 23.9 Å². The normalized spacial score (nSPS) is 12.1. The molecular weight excluding hydrogens is 436 g/mol. The van der Waals surface area contributed by atoms with Gasteiger partial charge in [-0.3, -0.25) is 9.59 Å². The Balaban J connectivity index is 2.06. The molecule has 0 aliphatic heterocycles. The quantitative estimate of drug-likeness (QED) is 0.573. The third kappa shape index (κ3) is 6.43. The average Bonchev–Trinajstić information content (AvgIpc) is 3.31. The summed E-state index contributed by atoms with van der Waals surface area (Å²) in [6, 6.07) is 2.57. The Morgan fingerprint density at radius 2 is 1.84 bits per heavy atom. The molecule has 2 aromatic heterocycles. The largest absolute Gasteiger partial charge is 0.462 e. The number of esters is 2. The minimum atomic E-state index is -0.917. The lowest BCUT2D eigenvalue weighted by molar-refractivity contribution is -0.150. The molecular formula is C22H28N2O7S. The number of hydrogen-bond donors (Lipinski definition) is 2. The Morgan fingerprint density at radius 3 is 2.41 bits per heavy atom. The van der Waals surface area contributed by atoms with E-state index in [2.05, 4.69) is 10.6 Å². The van der Waals surface area contributed by atoms with Crippen LogP contribution >= 0.6 is 11.3 Å². The number of thiophene rings is 1. The Morgan fingerprint density at radius 1 is 1.16 bits per heavy atom. The van der Waals surface area contributed by atoms with E-state index in [0.29, 0.717) is 17.1 Å². The molecule has 2 heterocycles. The lowest BCUT2D eigenvalue weighted by atomic mass is 9.95. The molecule has 2 N–H and O–H groups in total. The molecule has 9 nitrogen and oxygen atoms in total. The van der Waals surface area contributed by atoms with E-state index in [0.717, 1.165) is 11.3 Å². The number of furan rings is 1. The van der Waals surface area contributed by atoms with Crippen LogP contribution in [0.3, 0.4) is 0 Å². The molecule has 1 atom stereocenters. The van der Waals surface area contributed by atoms with Gasteiger partial charge in [0.1, 0.15) is 28.1 Å². The fourth-order valence-corrected chi connectivity index (χ4v) is 3.47. The van der Waals surface area contributed by atoms with E-state index in [1.54, 1.807) is 52.1 Å². The average molecular weight is 465 g/mol. The summed E-state index contributed by atoms with van der Waals surface area (Å²) >= 11 is 1.12. The highest BCUT2D eigenvalue weighted by molar-refractivity contribution is 7.15. The summed E-state index contributed by atoms with van der Waals surface area (Å²) in [6.45, 7) is 9.66. The number of hydrogen-bond acceptors (Lipinski definition) is 8. The Hall–Kier alpha value is -3.14. The zero-order valence-corrected chi connectivity index (χ0v) is 19.8. The third-order valence-electron chi connectivity index (χ3n) is 4.26. The van der Waals surface area contributed by atoms with E-state index >= 15 is 0 Å². The van der Waals surface area contributed by atoms with Gasteiger partial charge in [0.2, 0.25) is 5.91 Å². The van der Waals surface area contributed by atoms with E-state index in [1.165, 1.54) is 6.92 Å². The summed E-state index contributed by atoms with van der Waals surface area (Å²) in [5.74, 6) is -1.17. The zero-order chi connectivity index (χ0) is 24.1. The van der Waals surface area contributed by atoms with Crippen molar-refractivity contribution in [2.24, 2.45) is 5.41 Å². The minimum absolute atomic E-state index is 0.161. The molecule has 0 aromatic carbocycles. The maximum Gasteiger partial charge on any atom is 0.341 e. The molecule has 0 fully saturated rings. The first-order chi connectivity index (χ1) is 14.9. The van der Waals surface area contributed by atoms with Crippen LogP contribution in [0.5, 0.6) is 0 Å².